The van der Waals surface area contributed by atoms with E-state index in [1.165, 1.54) is 21.6 Å². The van der Waals surface area contributed by atoms with Crippen LogP contribution in [0, 0.1) is 0 Å². The minimum Gasteiger partial charge on any atom is -0.390 e. The van der Waals surface area contributed by atoms with E-state index in [1.807, 2.05) is 12.1 Å². The Morgan fingerprint density at radius 2 is 1.75 bits per heavy atom. The van der Waals surface area contributed by atoms with Crippen LogP contribution in [0.1, 0.15) is 80.7 Å². The van der Waals surface area contributed by atoms with E-state index >= 15 is 0 Å². The second-order valence-electron chi connectivity index (χ2n) is 7.47. The number of thiophene rings is 1. The van der Waals surface area contributed by atoms with Crippen LogP contribution in [-0.2, 0) is 12.8 Å². The van der Waals surface area contributed by atoms with Gasteiger partial charge in [0, 0.05) is 10.4 Å². The first-order chi connectivity index (χ1) is 13.4. The second kappa shape index (κ2) is 10.9. The Kier molecular flexibility index (Phi) is 8.90. The van der Waals surface area contributed by atoms with Crippen LogP contribution in [0.3, 0.4) is 0 Å². The number of benzene rings is 1. The maximum absolute atomic E-state index is 10.5. The number of allylic oxidation sites excluding steroid dienone is 2. The first-order valence-electron chi connectivity index (χ1n) is 10.3. The van der Waals surface area contributed by atoms with Crippen molar-refractivity contribution in [3.8, 4) is 0 Å². The standard InChI is InChI=1S/C24H34O3S/c1-4-19(8-7-15-24(27,5-2)6-3)21-16-22(28-17-21)14-11-18-9-12-20(13-10-18)23(25)26/h8-10,12-13,16-17,23,25-27H,4-7,11,14-15H2,1-3H3. The van der Waals surface area contributed by atoms with E-state index in [2.05, 4.69) is 38.3 Å². The smallest absolute Gasteiger partial charge is 0.178 e. The zero-order valence-electron chi connectivity index (χ0n) is 17.3. The van der Waals surface area contributed by atoms with Gasteiger partial charge in [-0.15, -0.1) is 11.3 Å². The summed E-state index contributed by atoms with van der Waals surface area (Å²) in [5.74, 6) is 0. The Morgan fingerprint density at radius 1 is 1.07 bits per heavy atom. The minimum atomic E-state index is -1.40. The molecule has 0 aliphatic rings. The maximum atomic E-state index is 10.5. The lowest BCUT2D eigenvalue weighted by molar-refractivity contribution is -0.0424. The first kappa shape index (κ1) is 22.8. The summed E-state index contributed by atoms with van der Waals surface area (Å²) in [7, 11) is 0. The molecule has 0 saturated carbocycles. The molecule has 0 amide bonds. The van der Waals surface area contributed by atoms with E-state index in [1.54, 1.807) is 23.5 Å². The molecule has 4 heteroatoms. The fourth-order valence-electron chi connectivity index (χ4n) is 3.39. The molecule has 2 aromatic rings. The molecule has 1 aromatic heterocycles. The molecule has 2 rings (SSSR count). The zero-order valence-corrected chi connectivity index (χ0v) is 18.1. The largest absolute Gasteiger partial charge is 0.390 e. The van der Waals surface area contributed by atoms with Gasteiger partial charge in [-0.25, -0.2) is 0 Å². The van der Waals surface area contributed by atoms with Crippen molar-refractivity contribution in [1.29, 1.82) is 0 Å². The molecule has 3 N–H and O–H groups in total. The van der Waals surface area contributed by atoms with Crippen molar-refractivity contribution in [3.63, 3.8) is 0 Å². The van der Waals surface area contributed by atoms with Gasteiger partial charge in [-0.3, -0.25) is 0 Å². The van der Waals surface area contributed by atoms with Crippen LogP contribution < -0.4 is 0 Å². The predicted molar refractivity (Wildman–Crippen MR) is 118 cm³/mol. The summed E-state index contributed by atoms with van der Waals surface area (Å²) in [6, 6.07) is 9.75. The van der Waals surface area contributed by atoms with E-state index in [0.29, 0.717) is 5.56 Å². The molecule has 0 atom stereocenters. The average Bonchev–Trinajstić information content (AvgIpc) is 3.18. The van der Waals surface area contributed by atoms with Gasteiger partial charge in [0.05, 0.1) is 5.60 Å². The normalized spacial score (nSPS) is 12.8. The third kappa shape index (κ3) is 6.56. The number of hydrogen-bond acceptors (Lipinski definition) is 4. The number of hydrogen-bond donors (Lipinski definition) is 3. The SMILES string of the molecule is CCC(=CCCC(O)(CC)CC)c1csc(CCc2ccc(C(O)O)cc2)c1. The molecule has 28 heavy (non-hydrogen) atoms. The number of aliphatic hydroxyl groups excluding tert-OH is 1. The van der Waals surface area contributed by atoms with Crippen molar-refractivity contribution in [3.05, 3.63) is 63.4 Å². The highest BCUT2D eigenvalue weighted by Crippen LogP contribution is 2.28. The molecule has 0 bridgehead atoms. The van der Waals surface area contributed by atoms with Gasteiger partial charge < -0.3 is 15.3 Å². The summed E-state index contributed by atoms with van der Waals surface area (Å²) >= 11 is 1.80. The van der Waals surface area contributed by atoms with Gasteiger partial charge in [-0.1, -0.05) is 51.1 Å². The maximum Gasteiger partial charge on any atom is 0.178 e. The van der Waals surface area contributed by atoms with Crippen LogP contribution in [-0.4, -0.2) is 20.9 Å². The van der Waals surface area contributed by atoms with E-state index in [9.17, 15) is 15.3 Å². The lowest BCUT2D eigenvalue weighted by atomic mass is 9.91. The van der Waals surface area contributed by atoms with Gasteiger partial charge in [0.15, 0.2) is 6.29 Å². The third-order valence-corrected chi connectivity index (χ3v) is 6.66. The lowest BCUT2D eigenvalue weighted by Gasteiger charge is -2.24. The van der Waals surface area contributed by atoms with E-state index in [4.69, 9.17) is 0 Å². The van der Waals surface area contributed by atoms with Crippen LogP contribution in [0.4, 0.5) is 0 Å². The van der Waals surface area contributed by atoms with Crippen molar-refractivity contribution < 1.29 is 15.3 Å². The Hall–Kier alpha value is -1.46. The molecule has 0 unspecified atom stereocenters. The van der Waals surface area contributed by atoms with Crippen molar-refractivity contribution in [2.45, 2.75) is 77.6 Å². The molecular weight excluding hydrogens is 368 g/mol. The predicted octanol–water partition coefficient (Wildman–Crippen LogP) is 5.64. The second-order valence-corrected chi connectivity index (χ2v) is 8.47. The molecule has 0 aliphatic carbocycles. The number of aryl methyl sites for hydroxylation is 2. The van der Waals surface area contributed by atoms with Crippen LogP contribution in [0.25, 0.3) is 5.57 Å². The highest BCUT2D eigenvalue weighted by Gasteiger charge is 2.20. The van der Waals surface area contributed by atoms with Gasteiger partial charge in [-0.05, 0) is 73.1 Å². The molecule has 0 spiro atoms. The average molecular weight is 403 g/mol. The fourth-order valence-corrected chi connectivity index (χ4v) is 4.30. The van der Waals surface area contributed by atoms with Gasteiger partial charge in [0.1, 0.15) is 0 Å². The number of aliphatic hydroxyl groups is 3. The van der Waals surface area contributed by atoms with Crippen LogP contribution >= 0.6 is 11.3 Å². The Labute approximate surface area is 173 Å². The van der Waals surface area contributed by atoms with Crippen molar-refractivity contribution in [2.75, 3.05) is 0 Å². The topological polar surface area (TPSA) is 60.7 Å². The molecule has 0 radical (unpaired) electrons. The fraction of sp³-hybridized carbons (Fsp3) is 0.500. The Balaban J connectivity index is 1.94. The molecule has 0 fully saturated rings. The summed E-state index contributed by atoms with van der Waals surface area (Å²) in [5.41, 5.74) is 3.86. The van der Waals surface area contributed by atoms with Gasteiger partial charge >= 0.3 is 0 Å². The highest BCUT2D eigenvalue weighted by atomic mass is 32.1. The van der Waals surface area contributed by atoms with Crippen molar-refractivity contribution in [2.24, 2.45) is 0 Å². The first-order valence-corrected chi connectivity index (χ1v) is 11.2. The molecule has 1 aromatic carbocycles. The monoisotopic (exact) mass is 402 g/mol. The molecule has 154 valence electrons. The summed E-state index contributed by atoms with van der Waals surface area (Å²) < 4.78 is 0. The van der Waals surface area contributed by atoms with E-state index in [-0.39, 0.29) is 0 Å². The van der Waals surface area contributed by atoms with Crippen molar-refractivity contribution >= 4 is 16.9 Å². The molecule has 3 nitrogen and oxygen atoms in total. The van der Waals surface area contributed by atoms with E-state index < -0.39 is 11.9 Å². The van der Waals surface area contributed by atoms with Gasteiger partial charge in [0.2, 0.25) is 0 Å². The summed E-state index contributed by atoms with van der Waals surface area (Å²) in [6.45, 7) is 6.29. The molecule has 0 saturated heterocycles. The molecule has 1 heterocycles. The van der Waals surface area contributed by atoms with Crippen LogP contribution in [0.15, 0.2) is 41.8 Å². The lowest BCUT2D eigenvalue weighted by Crippen LogP contribution is -2.25. The molecule has 0 aliphatic heterocycles. The summed E-state index contributed by atoms with van der Waals surface area (Å²) in [6.07, 6.45) is 7.15. The minimum absolute atomic E-state index is 0.526. The Morgan fingerprint density at radius 3 is 2.32 bits per heavy atom. The van der Waals surface area contributed by atoms with Crippen LogP contribution in [0.2, 0.25) is 0 Å². The Bertz CT molecular complexity index is 739. The van der Waals surface area contributed by atoms with Crippen LogP contribution in [0.5, 0.6) is 0 Å². The van der Waals surface area contributed by atoms with Crippen molar-refractivity contribution in [1.82, 2.24) is 0 Å². The molecular formula is C24H34O3S. The zero-order chi connectivity index (χ0) is 20.6. The number of rotatable bonds is 11. The quantitative estimate of drug-likeness (QED) is 0.426. The third-order valence-electron chi connectivity index (χ3n) is 5.66. The van der Waals surface area contributed by atoms with Gasteiger partial charge in [-0.2, -0.15) is 0 Å². The summed E-state index contributed by atoms with van der Waals surface area (Å²) in [5, 5.41) is 31.0. The summed E-state index contributed by atoms with van der Waals surface area (Å²) in [4.78, 5) is 1.36. The highest BCUT2D eigenvalue weighted by molar-refractivity contribution is 7.10. The van der Waals surface area contributed by atoms with Gasteiger partial charge in [0.25, 0.3) is 0 Å². The van der Waals surface area contributed by atoms with E-state index in [0.717, 1.165) is 44.9 Å².